The fourth-order valence-corrected chi connectivity index (χ4v) is 4.39. The Bertz CT molecular complexity index is 642. The predicted molar refractivity (Wildman–Crippen MR) is 115 cm³/mol. The molecule has 0 radical (unpaired) electrons. The van der Waals surface area contributed by atoms with Crippen LogP contribution in [0.2, 0.25) is 0 Å². The number of hydrogen-bond donors (Lipinski definition) is 4. The average Bonchev–Trinajstić information content (AvgIpc) is 3.32. The molecule has 5 atom stereocenters. The number of aliphatic hydroxyl groups excluding tert-OH is 1. The molecule has 3 amide bonds. The molecule has 0 aromatic heterocycles. The van der Waals surface area contributed by atoms with Crippen LogP contribution in [0, 0.1) is 23.2 Å². The zero-order valence-corrected chi connectivity index (χ0v) is 19.3. The summed E-state index contributed by atoms with van der Waals surface area (Å²) in [6.45, 7) is 10.7. The average molecular weight is 425 g/mol. The van der Waals surface area contributed by atoms with Gasteiger partial charge in [0.25, 0.3) is 0 Å². The molecule has 0 spiro atoms. The standard InChI is InChI=1S/C22H40N4O4/c1-12(2)14-10-16(26(11-14)21(30)18(24-6)22(3,4)5)20(29)25-15(9-13-7-8-13)17(27)19(23)28/h12-18,24,27H,7-11H2,1-6H3,(H2,23,28)(H,25,29)/t14?,15?,16-,17?,18+/m0/s1. The maximum Gasteiger partial charge on any atom is 0.248 e. The van der Waals surface area contributed by atoms with Crippen LogP contribution in [0.5, 0.6) is 0 Å². The zero-order chi connectivity index (χ0) is 22.8. The minimum absolute atomic E-state index is 0.0949. The number of carbonyl (C=O) groups is 3. The molecule has 1 aliphatic carbocycles. The van der Waals surface area contributed by atoms with Gasteiger partial charge in [0, 0.05) is 6.54 Å². The van der Waals surface area contributed by atoms with Gasteiger partial charge >= 0.3 is 0 Å². The molecule has 1 saturated heterocycles. The van der Waals surface area contributed by atoms with Gasteiger partial charge in [-0.15, -0.1) is 0 Å². The first-order valence-corrected chi connectivity index (χ1v) is 11.1. The van der Waals surface area contributed by atoms with E-state index in [4.69, 9.17) is 5.73 Å². The van der Waals surface area contributed by atoms with E-state index >= 15 is 0 Å². The van der Waals surface area contributed by atoms with E-state index in [1.807, 2.05) is 20.8 Å². The summed E-state index contributed by atoms with van der Waals surface area (Å²) >= 11 is 0. The van der Waals surface area contributed by atoms with E-state index in [0.29, 0.717) is 31.2 Å². The third-order valence-electron chi connectivity index (χ3n) is 6.55. The maximum absolute atomic E-state index is 13.4. The van der Waals surface area contributed by atoms with Crippen molar-refractivity contribution in [3.8, 4) is 0 Å². The largest absolute Gasteiger partial charge is 0.381 e. The molecule has 1 aliphatic heterocycles. The second-order valence-electron chi connectivity index (χ2n) is 10.5. The van der Waals surface area contributed by atoms with E-state index in [9.17, 15) is 19.5 Å². The summed E-state index contributed by atoms with van der Waals surface area (Å²) < 4.78 is 0. The van der Waals surface area contributed by atoms with E-state index in [1.165, 1.54) is 0 Å². The maximum atomic E-state index is 13.4. The Hall–Kier alpha value is -1.67. The van der Waals surface area contributed by atoms with Crippen LogP contribution in [0.4, 0.5) is 0 Å². The van der Waals surface area contributed by atoms with Crippen molar-refractivity contribution in [3.63, 3.8) is 0 Å². The molecule has 172 valence electrons. The number of aliphatic hydroxyl groups is 1. The summed E-state index contributed by atoms with van der Waals surface area (Å²) in [7, 11) is 1.76. The third-order valence-corrected chi connectivity index (χ3v) is 6.55. The molecular formula is C22H40N4O4. The number of carbonyl (C=O) groups excluding carboxylic acids is 3. The number of nitrogens with two attached hydrogens (primary N) is 1. The van der Waals surface area contributed by atoms with E-state index in [0.717, 1.165) is 12.8 Å². The minimum atomic E-state index is -1.43. The van der Waals surface area contributed by atoms with Crippen molar-refractivity contribution in [2.75, 3.05) is 13.6 Å². The molecular weight excluding hydrogens is 384 g/mol. The van der Waals surface area contributed by atoms with Crippen LogP contribution in [0.25, 0.3) is 0 Å². The molecule has 0 aromatic carbocycles. The number of likely N-dealkylation sites (N-methyl/N-ethyl adjacent to an activating group) is 1. The highest BCUT2D eigenvalue weighted by Gasteiger charge is 2.45. The number of primary amides is 1. The van der Waals surface area contributed by atoms with Gasteiger partial charge in [0.15, 0.2) is 6.10 Å². The molecule has 0 bridgehead atoms. The van der Waals surface area contributed by atoms with Gasteiger partial charge in [-0.2, -0.15) is 0 Å². The number of nitrogens with zero attached hydrogens (tertiary/aromatic N) is 1. The molecule has 1 heterocycles. The quantitative estimate of drug-likeness (QED) is 0.432. The predicted octanol–water partition coefficient (Wildman–Crippen LogP) is 0.625. The minimum Gasteiger partial charge on any atom is -0.381 e. The van der Waals surface area contributed by atoms with Crippen LogP contribution >= 0.6 is 0 Å². The molecule has 5 N–H and O–H groups in total. The van der Waals surface area contributed by atoms with Gasteiger partial charge in [-0.3, -0.25) is 14.4 Å². The van der Waals surface area contributed by atoms with Crippen molar-refractivity contribution < 1.29 is 19.5 Å². The van der Waals surface area contributed by atoms with Crippen molar-refractivity contribution in [2.45, 2.75) is 84.5 Å². The SMILES string of the molecule is CN[C@H](C(=O)N1CC(C(C)C)C[C@H]1C(=O)NC(CC1CC1)C(O)C(N)=O)C(C)(C)C. The van der Waals surface area contributed by atoms with Gasteiger partial charge in [-0.05, 0) is 43.1 Å². The van der Waals surface area contributed by atoms with Crippen molar-refractivity contribution in [1.82, 2.24) is 15.5 Å². The third kappa shape index (κ3) is 5.94. The lowest BCUT2D eigenvalue weighted by molar-refractivity contribution is -0.143. The Kier molecular flexibility index (Phi) is 7.91. The Balaban J connectivity index is 2.21. The van der Waals surface area contributed by atoms with E-state index in [2.05, 4.69) is 24.5 Å². The van der Waals surface area contributed by atoms with Crippen molar-refractivity contribution in [1.29, 1.82) is 0 Å². The number of hydrogen-bond acceptors (Lipinski definition) is 5. The van der Waals surface area contributed by atoms with Crippen LogP contribution in [0.1, 0.15) is 60.3 Å². The Morgan fingerprint density at radius 1 is 1.20 bits per heavy atom. The molecule has 8 nitrogen and oxygen atoms in total. The van der Waals surface area contributed by atoms with Crippen LogP contribution in [0.15, 0.2) is 0 Å². The molecule has 0 aromatic rings. The monoisotopic (exact) mass is 424 g/mol. The van der Waals surface area contributed by atoms with Crippen LogP contribution in [-0.4, -0.2) is 65.5 Å². The van der Waals surface area contributed by atoms with Gasteiger partial charge in [-0.1, -0.05) is 47.5 Å². The molecule has 2 rings (SSSR count). The summed E-state index contributed by atoms with van der Waals surface area (Å²) in [6.07, 6.45) is 1.71. The van der Waals surface area contributed by atoms with E-state index in [-0.39, 0.29) is 23.1 Å². The number of rotatable bonds is 9. The van der Waals surface area contributed by atoms with Crippen molar-refractivity contribution in [3.05, 3.63) is 0 Å². The number of likely N-dealkylation sites (tertiary alicyclic amines) is 1. The van der Waals surface area contributed by atoms with Crippen molar-refractivity contribution in [2.24, 2.45) is 28.9 Å². The first kappa shape index (κ1) is 24.6. The molecule has 1 saturated carbocycles. The highest BCUT2D eigenvalue weighted by molar-refractivity contribution is 5.91. The highest BCUT2D eigenvalue weighted by Crippen LogP contribution is 2.35. The molecule has 8 heteroatoms. The van der Waals surface area contributed by atoms with Gasteiger partial charge in [0.05, 0.1) is 12.1 Å². The van der Waals surface area contributed by atoms with E-state index < -0.39 is 30.1 Å². The van der Waals surface area contributed by atoms with Gasteiger partial charge in [0.1, 0.15) is 6.04 Å². The Labute approximate surface area is 180 Å². The molecule has 2 aliphatic rings. The second-order valence-corrected chi connectivity index (χ2v) is 10.5. The van der Waals surface area contributed by atoms with Crippen LogP contribution in [-0.2, 0) is 14.4 Å². The number of amides is 3. The van der Waals surface area contributed by atoms with Crippen LogP contribution in [0.3, 0.4) is 0 Å². The lowest BCUT2D eigenvalue weighted by atomic mass is 9.85. The molecule has 30 heavy (non-hydrogen) atoms. The fourth-order valence-electron chi connectivity index (χ4n) is 4.39. The first-order valence-electron chi connectivity index (χ1n) is 11.1. The normalized spacial score (nSPS) is 25.1. The summed E-state index contributed by atoms with van der Waals surface area (Å²) in [5.74, 6) is -0.319. The van der Waals surface area contributed by atoms with Crippen LogP contribution < -0.4 is 16.4 Å². The van der Waals surface area contributed by atoms with Gasteiger partial charge in [0.2, 0.25) is 17.7 Å². The topological polar surface area (TPSA) is 125 Å². The second kappa shape index (κ2) is 9.64. The lowest BCUT2D eigenvalue weighted by Crippen LogP contribution is -2.58. The summed E-state index contributed by atoms with van der Waals surface area (Å²) in [5, 5.41) is 16.2. The highest BCUT2D eigenvalue weighted by atomic mass is 16.3. The van der Waals surface area contributed by atoms with Crippen molar-refractivity contribution >= 4 is 17.7 Å². The smallest absolute Gasteiger partial charge is 0.248 e. The van der Waals surface area contributed by atoms with Gasteiger partial charge < -0.3 is 26.4 Å². The summed E-state index contributed by atoms with van der Waals surface area (Å²) in [4.78, 5) is 39.8. The van der Waals surface area contributed by atoms with Gasteiger partial charge in [-0.25, -0.2) is 0 Å². The fraction of sp³-hybridized carbons (Fsp3) is 0.864. The Morgan fingerprint density at radius 2 is 1.80 bits per heavy atom. The summed E-state index contributed by atoms with van der Waals surface area (Å²) in [6, 6.07) is -1.76. The summed E-state index contributed by atoms with van der Waals surface area (Å²) in [5.41, 5.74) is 4.99. The van der Waals surface area contributed by atoms with E-state index in [1.54, 1.807) is 11.9 Å². The zero-order valence-electron chi connectivity index (χ0n) is 19.3. The molecule has 3 unspecified atom stereocenters. The Morgan fingerprint density at radius 3 is 2.23 bits per heavy atom. The molecule has 2 fully saturated rings. The first-order chi connectivity index (χ1) is 13.9. The number of nitrogens with one attached hydrogen (secondary N) is 2. The lowest BCUT2D eigenvalue weighted by Gasteiger charge is -2.35.